The number of esters is 1. The van der Waals surface area contributed by atoms with Gasteiger partial charge in [0.1, 0.15) is 12.4 Å². The lowest BCUT2D eigenvalue weighted by Gasteiger charge is -2.25. The Morgan fingerprint density at radius 1 is 1.33 bits per heavy atom. The number of halogens is 1. The molecular formula is C18H22ClNO4. The summed E-state index contributed by atoms with van der Waals surface area (Å²) in [5.74, 6) is -0.307. The molecule has 0 saturated heterocycles. The molecule has 1 fully saturated rings. The van der Waals surface area contributed by atoms with Crippen molar-refractivity contribution in [1.29, 1.82) is 0 Å². The van der Waals surface area contributed by atoms with Crippen LogP contribution in [0.25, 0.3) is 0 Å². The van der Waals surface area contributed by atoms with E-state index in [0.29, 0.717) is 11.4 Å². The van der Waals surface area contributed by atoms with E-state index in [4.69, 9.17) is 21.1 Å². The molecular weight excluding hydrogens is 330 g/mol. The molecule has 1 amide bonds. The molecule has 0 spiro atoms. The van der Waals surface area contributed by atoms with Crippen LogP contribution in [0, 0.1) is 5.92 Å². The largest absolute Gasteiger partial charge is 0.492 e. The smallest absolute Gasteiger partial charge is 0.313 e. The molecule has 1 heterocycles. The SMILES string of the molecule is C[C@H](OC(=O)[C@H]1COc2ccc(Cl)cc2C1)C(=O)NC1CCCC1. The van der Waals surface area contributed by atoms with Gasteiger partial charge in [0.05, 0.1) is 5.92 Å². The van der Waals surface area contributed by atoms with Gasteiger partial charge in [0, 0.05) is 11.1 Å². The van der Waals surface area contributed by atoms with Crippen molar-refractivity contribution in [3.63, 3.8) is 0 Å². The summed E-state index contributed by atoms with van der Waals surface area (Å²) in [6.07, 6.45) is 3.99. The molecule has 130 valence electrons. The van der Waals surface area contributed by atoms with Gasteiger partial charge in [0.2, 0.25) is 0 Å². The van der Waals surface area contributed by atoms with Crippen LogP contribution >= 0.6 is 11.6 Å². The first-order chi connectivity index (χ1) is 11.5. The fourth-order valence-electron chi connectivity index (χ4n) is 3.23. The molecule has 1 aromatic carbocycles. The first kappa shape index (κ1) is 17.1. The maximum atomic E-state index is 12.3. The van der Waals surface area contributed by atoms with Gasteiger partial charge in [-0.15, -0.1) is 0 Å². The molecule has 0 radical (unpaired) electrons. The van der Waals surface area contributed by atoms with Crippen LogP contribution in [0.2, 0.25) is 5.02 Å². The van der Waals surface area contributed by atoms with Crippen LogP contribution in [0.1, 0.15) is 38.2 Å². The van der Waals surface area contributed by atoms with E-state index in [2.05, 4.69) is 5.32 Å². The second-order valence-corrected chi connectivity index (χ2v) is 6.97. The quantitative estimate of drug-likeness (QED) is 0.847. The average Bonchev–Trinajstić information content (AvgIpc) is 3.06. The highest BCUT2D eigenvalue weighted by Crippen LogP contribution is 2.30. The Morgan fingerprint density at radius 3 is 2.83 bits per heavy atom. The summed E-state index contributed by atoms with van der Waals surface area (Å²) in [5, 5.41) is 3.55. The summed E-state index contributed by atoms with van der Waals surface area (Å²) >= 11 is 5.99. The van der Waals surface area contributed by atoms with Crippen molar-refractivity contribution < 1.29 is 19.1 Å². The minimum absolute atomic E-state index is 0.214. The van der Waals surface area contributed by atoms with Crippen LogP contribution in [0.3, 0.4) is 0 Å². The van der Waals surface area contributed by atoms with Gasteiger partial charge in [-0.05, 0) is 49.9 Å². The fourth-order valence-corrected chi connectivity index (χ4v) is 3.42. The number of fused-ring (bicyclic) bond motifs is 1. The zero-order valence-corrected chi connectivity index (χ0v) is 14.5. The zero-order valence-electron chi connectivity index (χ0n) is 13.7. The molecule has 1 saturated carbocycles. The number of hydrogen-bond donors (Lipinski definition) is 1. The molecule has 0 unspecified atom stereocenters. The van der Waals surface area contributed by atoms with Crippen molar-refractivity contribution in [1.82, 2.24) is 5.32 Å². The Hall–Kier alpha value is -1.75. The molecule has 1 aromatic rings. The van der Waals surface area contributed by atoms with Gasteiger partial charge in [-0.2, -0.15) is 0 Å². The molecule has 5 nitrogen and oxygen atoms in total. The fraction of sp³-hybridized carbons (Fsp3) is 0.556. The van der Waals surface area contributed by atoms with Crippen LogP contribution in [0.4, 0.5) is 0 Å². The second-order valence-electron chi connectivity index (χ2n) is 6.53. The first-order valence-corrected chi connectivity index (χ1v) is 8.83. The summed E-state index contributed by atoms with van der Waals surface area (Å²) < 4.78 is 10.9. The van der Waals surface area contributed by atoms with E-state index >= 15 is 0 Å². The highest BCUT2D eigenvalue weighted by atomic mass is 35.5. The summed E-state index contributed by atoms with van der Waals surface area (Å²) in [6.45, 7) is 1.86. The van der Waals surface area contributed by atoms with Crippen molar-refractivity contribution in [2.45, 2.75) is 51.2 Å². The molecule has 0 bridgehead atoms. The minimum atomic E-state index is -0.793. The van der Waals surface area contributed by atoms with E-state index in [1.165, 1.54) is 0 Å². The lowest BCUT2D eigenvalue weighted by Crippen LogP contribution is -2.42. The molecule has 24 heavy (non-hydrogen) atoms. The molecule has 0 aromatic heterocycles. The van der Waals surface area contributed by atoms with Crippen molar-refractivity contribution in [3.8, 4) is 5.75 Å². The predicted octanol–water partition coefficient (Wildman–Crippen LogP) is 2.88. The third-order valence-corrected chi connectivity index (χ3v) is 4.86. The van der Waals surface area contributed by atoms with Gasteiger partial charge in [0.25, 0.3) is 5.91 Å². The Morgan fingerprint density at radius 2 is 2.08 bits per heavy atom. The van der Waals surface area contributed by atoms with Crippen LogP contribution < -0.4 is 10.1 Å². The lowest BCUT2D eigenvalue weighted by molar-refractivity contribution is -0.160. The van der Waals surface area contributed by atoms with Crippen LogP contribution in [-0.4, -0.2) is 30.6 Å². The number of carbonyl (C=O) groups excluding carboxylic acids is 2. The van der Waals surface area contributed by atoms with Gasteiger partial charge in [-0.3, -0.25) is 9.59 Å². The molecule has 1 N–H and O–H groups in total. The number of benzene rings is 1. The first-order valence-electron chi connectivity index (χ1n) is 8.45. The Kier molecular flexibility index (Phi) is 5.29. The van der Waals surface area contributed by atoms with Gasteiger partial charge in [-0.1, -0.05) is 24.4 Å². The van der Waals surface area contributed by atoms with E-state index in [1.807, 2.05) is 0 Å². The maximum absolute atomic E-state index is 12.3. The van der Waals surface area contributed by atoms with Gasteiger partial charge >= 0.3 is 5.97 Å². The molecule has 1 aliphatic heterocycles. The summed E-state index contributed by atoms with van der Waals surface area (Å²) in [6, 6.07) is 5.57. The van der Waals surface area contributed by atoms with Crippen LogP contribution in [0.5, 0.6) is 5.75 Å². The van der Waals surface area contributed by atoms with Crippen molar-refractivity contribution in [2.75, 3.05) is 6.61 Å². The topological polar surface area (TPSA) is 64.6 Å². The van der Waals surface area contributed by atoms with Gasteiger partial charge in [-0.25, -0.2) is 0 Å². The van der Waals surface area contributed by atoms with Crippen molar-refractivity contribution in [2.24, 2.45) is 5.92 Å². The highest BCUT2D eigenvalue weighted by Gasteiger charge is 2.30. The van der Waals surface area contributed by atoms with Gasteiger partial charge < -0.3 is 14.8 Å². The average molecular weight is 352 g/mol. The number of amides is 1. The maximum Gasteiger partial charge on any atom is 0.313 e. The van der Waals surface area contributed by atoms with E-state index in [0.717, 1.165) is 37.0 Å². The van der Waals surface area contributed by atoms with Crippen molar-refractivity contribution >= 4 is 23.5 Å². The highest BCUT2D eigenvalue weighted by molar-refractivity contribution is 6.30. The Balaban J connectivity index is 1.54. The molecule has 2 atom stereocenters. The van der Waals surface area contributed by atoms with Crippen molar-refractivity contribution in [3.05, 3.63) is 28.8 Å². The molecule has 6 heteroatoms. The number of rotatable bonds is 4. The van der Waals surface area contributed by atoms with Crippen LogP contribution in [0.15, 0.2) is 18.2 Å². The minimum Gasteiger partial charge on any atom is -0.492 e. The summed E-state index contributed by atoms with van der Waals surface area (Å²) in [4.78, 5) is 24.5. The number of ether oxygens (including phenoxy) is 2. The molecule has 2 aliphatic rings. The lowest BCUT2D eigenvalue weighted by atomic mass is 9.97. The Labute approximate surface area is 146 Å². The summed E-state index contributed by atoms with van der Waals surface area (Å²) in [7, 11) is 0. The van der Waals surface area contributed by atoms with Crippen LogP contribution in [-0.2, 0) is 20.7 Å². The number of nitrogens with one attached hydrogen (secondary N) is 1. The number of hydrogen-bond acceptors (Lipinski definition) is 4. The van der Waals surface area contributed by atoms with E-state index in [9.17, 15) is 9.59 Å². The summed E-state index contributed by atoms with van der Waals surface area (Å²) in [5.41, 5.74) is 0.888. The molecule has 3 rings (SSSR count). The van der Waals surface area contributed by atoms with E-state index in [-0.39, 0.29) is 18.6 Å². The predicted molar refractivity (Wildman–Crippen MR) is 90.1 cm³/mol. The monoisotopic (exact) mass is 351 g/mol. The van der Waals surface area contributed by atoms with Gasteiger partial charge in [0.15, 0.2) is 6.10 Å². The van der Waals surface area contributed by atoms with E-state index < -0.39 is 18.0 Å². The number of carbonyl (C=O) groups is 2. The zero-order chi connectivity index (χ0) is 17.1. The second kappa shape index (κ2) is 7.43. The third kappa shape index (κ3) is 4.01. The van der Waals surface area contributed by atoms with E-state index in [1.54, 1.807) is 25.1 Å². The third-order valence-electron chi connectivity index (χ3n) is 4.63. The standard InChI is InChI=1S/C18H22ClNO4/c1-11(17(21)20-15-4-2-3-5-15)24-18(22)13-8-12-9-14(19)6-7-16(12)23-10-13/h6-7,9,11,13,15H,2-5,8,10H2,1H3,(H,20,21)/t11-,13+/m0/s1. The normalized spacial score (nSPS) is 21.5. The Bertz CT molecular complexity index is 627. The molecule has 1 aliphatic carbocycles.